The van der Waals surface area contributed by atoms with E-state index in [1.54, 1.807) is 38.3 Å². The van der Waals surface area contributed by atoms with Crippen LogP contribution in [0, 0.1) is 5.92 Å². The molecule has 0 saturated heterocycles. The summed E-state index contributed by atoms with van der Waals surface area (Å²) in [5.41, 5.74) is 0.612. The molecule has 0 aliphatic rings. The van der Waals surface area contributed by atoms with Crippen LogP contribution in [0.25, 0.3) is 0 Å². The third kappa shape index (κ3) is 4.24. The van der Waals surface area contributed by atoms with Crippen LogP contribution in [0.1, 0.15) is 6.92 Å². The number of amides is 1. The fourth-order valence-corrected chi connectivity index (χ4v) is 1.67. The normalized spacial score (nSPS) is 11.8. The van der Waals surface area contributed by atoms with Gasteiger partial charge in [-0.2, -0.15) is 0 Å². The zero-order chi connectivity index (χ0) is 15.1. The summed E-state index contributed by atoms with van der Waals surface area (Å²) in [6.45, 7) is 1.54. The van der Waals surface area contributed by atoms with Gasteiger partial charge in [-0.25, -0.2) is 0 Å². The number of rotatable bonds is 7. The molecule has 1 rings (SSSR count). The number of hydrogen-bond donors (Lipinski definition) is 1. The number of benzene rings is 1. The summed E-state index contributed by atoms with van der Waals surface area (Å²) in [5, 5.41) is 8.98. The van der Waals surface area contributed by atoms with E-state index in [1.165, 1.54) is 12.0 Å². The highest BCUT2D eigenvalue weighted by atomic mass is 16.5. The molecule has 0 spiro atoms. The quantitative estimate of drug-likeness (QED) is 0.817. The second-order valence-electron chi connectivity index (χ2n) is 4.37. The molecule has 110 valence electrons. The summed E-state index contributed by atoms with van der Waals surface area (Å²) >= 11 is 0. The van der Waals surface area contributed by atoms with Gasteiger partial charge in [0, 0.05) is 19.3 Å². The molecule has 1 N–H and O–H groups in total. The zero-order valence-corrected chi connectivity index (χ0v) is 11.8. The van der Waals surface area contributed by atoms with E-state index in [4.69, 9.17) is 14.6 Å². The highest BCUT2D eigenvalue weighted by Gasteiger charge is 2.21. The van der Waals surface area contributed by atoms with E-state index in [9.17, 15) is 9.59 Å². The summed E-state index contributed by atoms with van der Waals surface area (Å²) in [7, 11) is 2.97. The average Bonchev–Trinajstić information content (AvgIpc) is 2.44. The van der Waals surface area contributed by atoms with Gasteiger partial charge in [0.05, 0.1) is 13.0 Å². The number of nitrogens with zero attached hydrogens (tertiary/aromatic N) is 1. The first-order chi connectivity index (χ1) is 9.49. The fourth-order valence-electron chi connectivity index (χ4n) is 1.67. The van der Waals surface area contributed by atoms with Gasteiger partial charge in [0.2, 0.25) is 0 Å². The number of carboxylic acid groups (broad SMARTS) is 1. The van der Waals surface area contributed by atoms with Crippen LogP contribution in [0.2, 0.25) is 0 Å². The molecular formula is C14H19NO5. The van der Waals surface area contributed by atoms with Gasteiger partial charge in [0.25, 0.3) is 5.91 Å². The highest BCUT2D eigenvalue weighted by Crippen LogP contribution is 2.20. The molecule has 0 fully saturated rings. The van der Waals surface area contributed by atoms with E-state index in [1.807, 2.05) is 0 Å². The van der Waals surface area contributed by atoms with Gasteiger partial charge < -0.3 is 19.5 Å². The van der Waals surface area contributed by atoms with Gasteiger partial charge in [-0.05, 0) is 24.3 Å². The summed E-state index contributed by atoms with van der Waals surface area (Å²) < 4.78 is 9.88. The van der Waals surface area contributed by atoms with E-state index in [2.05, 4.69) is 0 Å². The minimum absolute atomic E-state index is 0.0872. The van der Waals surface area contributed by atoms with E-state index in [0.29, 0.717) is 11.4 Å². The number of ether oxygens (including phenoxy) is 2. The molecule has 0 radical (unpaired) electrons. The Morgan fingerprint density at radius 2 is 1.85 bits per heavy atom. The van der Waals surface area contributed by atoms with Crippen LogP contribution < -0.4 is 9.64 Å². The predicted molar refractivity (Wildman–Crippen MR) is 74.0 cm³/mol. The minimum atomic E-state index is -0.950. The molecule has 0 aliphatic heterocycles. The third-order valence-electron chi connectivity index (χ3n) is 2.83. The van der Waals surface area contributed by atoms with Crippen LogP contribution in [0.5, 0.6) is 5.75 Å². The largest absolute Gasteiger partial charge is 0.497 e. The summed E-state index contributed by atoms with van der Waals surface area (Å²) in [6.07, 6.45) is 0. The van der Waals surface area contributed by atoms with E-state index < -0.39 is 11.9 Å². The Labute approximate surface area is 117 Å². The number of anilines is 1. The third-order valence-corrected chi connectivity index (χ3v) is 2.83. The topological polar surface area (TPSA) is 76.1 Å². The van der Waals surface area contributed by atoms with Crippen molar-refractivity contribution in [2.75, 3.05) is 32.3 Å². The van der Waals surface area contributed by atoms with Crippen LogP contribution >= 0.6 is 0 Å². The Morgan fingerprint density at radius 3 is 2.30 bits per heavy atom. The number of carbonyl (C=O) groups excluding carboxylic acids is 1. The lowest BCUT2D eigenvalue weighted by Crippen LogP contribution is -2.39. The molecule has 1 amide bonds. The van der Waals surface area contributed by atoms with Crippen molar-refractivity contribution in [3.05, 3.63) is 24.3 Å². The first-order valence-corrected chi connectivity index (χ1v) is 6.15. The van der Waals surface area contributed by atoms with Gasteiger partial charge in [0.1, 0.15) is 12.4 Å². The molecule has 0 aromatic heterocycles. The smallest absolute Gasteiger partial charge is 0.308 e. The van der Waals surface area contributed by atoms with Crippen molar-refractivity contribution in [2.24, 2.45) is 5.92 Å². The summed E-state index contributed by atoms with van der Waals surface area (Å²) in [4.78, 5) is 24.4. The van der Waals surface area contributed by atoms with Crippen molar-refractivity contribution in [3.63, 3.8) is 0 Å². The maximum absolute atomic E-state index is 12.0. The molecular weight excluding hydrogens is 262 g/mol. The monoisotopic (exact) mass is 281 g/mol. The molecule has 0 heterocycles. The summed E-state index contributed by atoms with van der Waals surface area (Å²) in [5.74, 6) is -1.24. The van der Waals surface area contributed by atoms with Crippen LogP contribution in [0.15, 0.2) is 24.3 Å². The van der Waals surface area contributed by atoms with E-state index >= 15 is 0 Å². The fraction of sp³-hybridized carbons (Fsp3) is 0.429. The van der Waals surface area contributed by atoms with Crippen LogP contribution in [0.3, 0.4) is 0 Å². The molecule has 1 aromatic carbocycles. The second-order valence-corrected chi connectivity index (χ2v) is 4.37. The van der Waals surface area contributed by atoms with Crippen molar-refractivity contribution in [1.82, 2.24) is 0 Å². The Hall–Kier alpha value is -2.08. The number of carboxylic acids is 1. The maximum Gasteiger partial charge on any atom is 0.308 e. The number of aliphatic carboxylic acids is 1. The lowest BCUT2D eigenvalue weighted by atomic mass is 10.1. The number of carbonyl (C=O) groups is 2. The first kappa shape index (κ1) is 16.0. The van der Waals surface area contributed by atoms with Crippen LogP contribution in [-0.4, -0.2) is 44.4 Å². The van der Waals surface area contributed by atoms with Crippen LogP contribution in [-0.2, 0) is 14.3 Å². The van der Waals surface area contributed by atoms with Crippen molar-refractivity contribution in [1.29, 1.82) is 0 Å². The average molecular weight is 281 g/mol. The number of methoxy groups -OCH3 is 2. The standard InChI is InChI=1S/C14H19NO5/c1-10(14(17)18)8-15(13(16)9-19-2)11-4-6-12(20-3)7-5-11/h4-7,10H,8-9H2,1-3H3,(H,17,18). The number of hydrogen-bond acceptors (Lipinski definition) is 4. The molecule has 20 heavy (non-hydrogen) atoms. The van der Waals surface area contributed by atoms with Crippen molar-refractivity contribution < 1.29 is 24.2 Å². The zero-order valence-electron chi connectivity index (χ0n) is 11.8. The second kappa shape index (κ2) is 7.49. The molecule has 1 atom stereocenters. The van der Waals surface area contributed by atoms with Gasteiger partial charge in [-0.1, -0.05) is 6.92 Å². The van der Waals surface area contributed by atoms with Gasteiger partial charge >= 0.3 is 5.97 Å². The molecule has 6 nitrogen and oxygen atoms in total. The lowest BCUT2D eigenvalue weighted by molar-refractivity contribution is -0.140. The lowest BCUT2D eigenvalue weighted by Gasteiger charge is -2.24. The van der Waals surface area contributed by atoms with Gasteiger partial charge in [0.15, 0.2) is 0 Å². The van der Waals surface area contributed by atoms with Crippen molar-refractivity contribution in [2.45, 2.75) is 6.92 Å². The maximum atomic E-state index is 12.0. The predicted octanol–water partition coefficient (Wildman–Crippen LogP) is 1.40. The molecule has 1 unspecified atom stereocenters. The van der Waals surface area contributed by atoms with Crippen molar-refractivity contribution >= 4 is 17.6 Å². The Kier molecular flexibility index (Phi) is 5.99. The Balaban J connectivity index is 2.95. The van der Waals surface area contributed by atoms with Crippen molar-refractivity contribution in [3.8, 4) is 5.75 Å². The molecule has 0 bridgehead atoms. The molecule has 6 heteroatoms. The van der Waals surface area contributed by atoms with Gasteiger partial charge in [-0.15, -0.1) is 0 Å². The molecule has 1 aromatic rings. The molecule has 0 saturated carbocycles. The highest BCUT2D eigenvalue weighted by molar-refractivity contribution is 5.95. The van der Waals surface area contributed by atoms with E-state index in [-0.39, 0.29) is 19.1 Å². The first-order valence-electron chi connectivity index (χ1n) is 6.15. The molecule has 0 aliphatic carbocycles. The van der Waals surface area contributed by atoms with E-state index in [0.717, 1.165) is 0 Å². The Morgan fingerprint density at radius 1 is 1.25 bits per heavy atom. The summed E-state index contributed by atoms with van der Waals surface area (Å²) in [6, 6.07) is 6.85. The van der Waals surface area contributed by atoms with Gasteiger partial charge in [-0.3, -0.25) is 9.59 Å². The van der Waals surface area contributed by atoms with Crippen LogP contribution in [0.4, 0.5) is 5.69 Å². The Bertz CT molecular complexity index is 457. The SMILES string of the molecule is COCC(=O)N(CC(C)C(=O)O)c1ccc(OC)cc1. The minimum Gasteiger partial charge on any atom is -0.497 e.